The van der Waals surface area contributed by atoms with Gasteiger partial charge in [-0.25, -0.2) is 13.8 Å². The first-order valence-electron chi connectivity index (χ1n) is 11.0. The van der Waals surface area contributed by atoms with Gasteiger partial charge in [0.1, 0.15) is 30.1 Å². The first-order valence-corrected chi connectivity index (χ1v) is 11.0. The molecular weight excluding hydrogens is 458 g/mol. The van der Waals surface area contributed by atoms with Crippen LogP contribution < -0.4 is 4.74 Å². The lowest BCUT2D eigenvalue weighted by Gasteiger charge is -2.40. The minimum atomic E-state index is -1.57. The van der Waals surface area contributed by atoms with E-state index < -0.39 is 24.0 Å². The molecule has 2 aliphatic rings. The van der Waals surface area contributed by atoms with Crippen LogP contribution in [0.15, 0.2) is 59.8 Å². The Morgan fingerprint density at radius 2 is 2.00 bits per heavy atom. The lowest BCUT2D eigenvalue weighted by Crippen LogP contribution is -2.54. The Labute approximate surface area is 200 Å². The number of ether oxygens (including phenoxy) is 2. The van der Waals surface area contributed by atoms with Crippen LogP contribution >= 0.6 is 0 Å². The Morgan fingerprint density at radius 1 is 1.23 bits per heavy atom. The standard InChI is InChI=1S/C25H24F2N4O4/c1-15-11-30(14-28-15)21-5-4-17(6-22(21)33-3)7-23-24-29-35-25(13-32,31(24)12-16(2)34-23)18-8-19(26)10-20(27)9-18/h4-11,14,16,32H,12-13H2,1-3H3/t16-,25+/m0/s1. The third kappa shape index (κ3) is 3.99. The van der Waals surface area contributed by atoms with Crippen molar-refractivity contribution >= 4 is 11.9 Å². The summed E-state index contributed by atoms with van der Waals surface area (Å²) in [5.74, 6) is -0.217. The van der Waals surface area contributed by atoms with Crippen molar-refractivity contribution in [3.8, 4) is 11.4 Å². The van der Waals surface area contributed by atoms with Gasteiger partial charge < -0.3 is 28.9 Å². The zero-order valence-corrected chi connectivity index (χ0v) is 19.4. The Hall–Kier alpha value is -3.92. The Morgan fingerprint density at radius 3 is 2.66 bits per heavy atom. The number of rotatable bonds is 5. The molecule has 3 heterocycles. The molecule has 1 fully saturated rings. The second-order valence-electron chi connectivity index (χ2n) is 8.51. The molecule has 0 spiro atoms. The monoisotopic (exact) mass is 482 g/mol. The fourth-order valence-electron chi connectivity index (χ4n) is 4.36. The number of nitrogens with zero attached hydrogens (tertiary/aromatic N) is 4. The maximum atomic E-state index is 14.0. The number of halogens is 2. The number of oxime groups is 1. The van der Waals surface area contributed by atoms with E-state index in [9.17, 15) is 13.9 Å². The molecule has 35 heavy (non-hydrogen) atoms. The molecule has 1 saturated heterocycles. The number of hydrogen-bond donors (Lipinski definition) is 1. The van der Waals surface area contributed by atoms with E-state index in [1.165, 1.54) is 0 Å². The van der Waals surface area contributed by atoms with Crippen LogP contribution in [-0.4, -0.2) is 51.8 Å². The molecule has 1 N–H and O–H groups in total. The average Bonchev–Trinajstić information content (AvgIpc) is 3.42. The van der Waals surface area contributed by atoms with Crippen molar-refractivity contribution in [2.24, 2.45) is 5.16 Å². The van der Waals surface area contributed by atoms with Gasteiger partial charge in [0.25, 0.3) is 5.72 Å². The SMILES string of the molecule is COc1cc(C=C2O[C@@H](C)CN3C2=NO[C@]3(CO)c2cc(F)cc(F)c2)ccc1-n1cnc(C)c1. The van der Waals surface area contributed by atoms with Crippen molar-refractivity contribution in [2.45, 2.75) is 25.7 Å². The molecule has 0 amide bonds. The maximum Gasteiger partial charge on any atom is 0.260 e. The zero-order valence-electron chi connectivity index (χ0n) is 19.4. The van der Waals surface area contributed by atoms with Crippen LogP contribution in [0.2, 0.25) is 0 Å². The van der Waals surface area contributed by atoms with Crippen molar-refractivity contribution in [3.63, 3.8) is 0 Å². The fourth-order valence-corrected chi connectivity index (χ4v) is 4.36. The number of fused-ring (bicyclic) bond motifs is 1. The van der Waals surface area contributed by atoms with Gasteiger partial charge in [0, 0.05) is 17.8 Å². The van der Waals surface area contributed by atoms with Crippen LogP contribution in [0.5, 0.6) is 5.75 Å². The molecule has 2 aromatic carbocycles. The second-order valence-corrected chi connectivity index (χ2v) is 8.51. The number of morpholine rings is 1. The van der Waals surface area contributed by atoms with E-state index in [0.29, 0.717) is 17.3 Å². The Balaban J connectivity index is 1.51. The maximum absolute atomic E-state index is 14.0. The molecule has 0 aliphatic carbocycles. The lowest BCUT2D eigenvalue weighted by molar-refractivity contribution is -0.146. The van der Waals surface area contributed by atoms with Crippen LogP contribution in [0.3, 0.4) is 0 Å². The van der Waals surface area contributed by atoms with Crippen LogP contribution in [0.25, 0.3) is 11.8 Å². The van der Waals surface area contributed by atoms with Gasteiger partial charge in [-0.05, 0) is 49.8 Å². The number of aliphatic hydroxyl groups excluding tert-OH is 1. The van der Waals surface area contributed by atoms with Crippen molar-refractivity contribution in [2.75, 3.05) is 20.3 Å². The number of aromatic nitrogens is 2. The summed E-state index contributed by atoms with van der Waals surface area (Å²) in [5, 5.41) is 14.4. The molecule has 0 radical (unpaired) electrons. The number of aryl methyl sites for hydroxylation is 1. The van der Waals surface area contributed by atoms with E-state index in [-0.39, 0.29) is 18.2 Å². The van der Waals surface area contributed by atoms with Crippen LogP contribution in [0.1, 0.15) is 23.7 Å². The average molecular weight is 482 g/mol. The van der Waals surface area contributed by atoms with E-state index in [4.69, 9.17) is 14.3 Å². The highest BCUT2D eigenvalue weighted by Gasteiger charge is 2.51. The van der Waals surface area contributed by atoms with Gasteiger partial charge in [0.2, 0.25) is 5.84 Å². The van der Waals surface area contributed by atoms with Crippen molar-refractivity contribution in [3.05, 3.63) is 83.1 Å². The molecule has 10 heteroatoms. The van der Waals surface area contributed by atoms with Crippen molar-refractivity contribution < 1.29 is 28.2 Å². The van der Waals surface area contributed by atoms with Gasteiger partial charge in [0.15, 0.2) is 5.76 Å². The molecule has 3 aromatic rings. The molecule has 0 unspecified atom stereocenters. The smallest absolute Gasteiger partial charge is 0.260 e. The fraction of sp³-hybridized carbons (Fsp3) is 0.280. The van der Waals surface area contributed by atoms with Gasteiger partial charge in [-0.1, -0.05) is 11.2 Å². The summed E-state index contributed by atoms with van der Waals surface area (Å²) in [4.78, 5) is 11.6. The van der Waals surface area contributed by atoms with E-state index in [0.717, 1.165) is 35.1 Å². The number of aliphatic hydroxyl groups is 1. The third-order valence-corrected chi connectivity index (χ3v) is 5.98. The Kier molecular flexibility index (Phi) is 5.68. The lowest BCUT2D eigenvalue weighted by atomic mass is 9.99. The minimum absolute atomic E-state index is 0.117. The predicted octanol–water partition coefficient (Wildman–Crippen LogP) is 3.72. The minimum Gasteiger partial charge on any atom is -0.495 e. The first-order chi connectivity index (χ1) is 16.8. The highest BCUT2D eigenvalue weighted by Crippen LogP contribution is 2.40. The predicted molar refractivity (Wildman–Crippen MR) is 124 cm³/mol. The van der Waals surface area contributed by atoms with Gasteiger partial charge >= 0.3 is 0 Å². The number of benzene rings is 2. The summed E-state index contributed by atoms with van der Waals surface area (Å²) in [6, 6.07) is 8.66. The number of amidine groups is 1. The van der Waals surface area contributed by atoms with Crippen LogP contribution in [0, 0.1) is 18.6 Å². The van der Waals surface area contributed by atoms with Crippen molar-refractivity contribution in [1.29, 1.82) is 0 Å². The summed E-state index contributed by atoms with van der Waals surface area (Å²) in [6.45, 7) is 3.47. The molecule has 182 valence electrons. The summed E-state index contributed by atoms with van der Waals surface area (Å²) in [7, 11) is 1.59. The van der Waals surface area contributed by atoms with E-state index >= 15 is 0 Å². The van der Waals surface area contributed by atoms with Gasteiger partial charge in [0.05, 0.1) is 31.4 Å². The van der Waals surface area contributed by atoms with Gasteiger partial charge in [-0.2, -0.15) is 0 Å². The molecule has 1 aromatic heterocycles. The molecular formula is C25H24F2N4O4. The normalized spacial score (nSPS) is 22.5. The van der Waals surface area contributed by atoms with Gasteiger partial charge in [-0.3, -0.25) is 0 Å². The topological polar surface area (TPSA) is 81.3 Å². The molecule has 2 aliphatic heterocycles. The van der Waals surface area contributed by atoms with Crippen molar-refractivity contribution in [1.82, 2.24) is 14.5 Å². The number of imidazole rings is 1. The van der Waals surface area contributed by atoms with E-state index in [1.807, 2.05) is 42.8 Å². The quantitative estimate of drug-likeness (QED) is 0.597. The largest absolute Gasteiger partial charge is 0.495 e. The molecule has 8 nitrogen and oxygen atoms in total. The van der Waals surface area contributed by atoms with Crippen LogP contribution in [-0.2, 0) is 15.3 Å². The highest BCUT2D eigenvalue weighted by atomic mass is 19.1. The summed E-state index contributed by atoms with van der Waals surface area (Å²) in [5.41, 5.74) is 1.02. The first kappa shape index (κ1) is 22.9. The van der Waals surface area contributed by atoms with Gasteiger partial charge in [-0.15, -0.1) is 0 Å². The molecule has 5 rings (SSSR count). The zero-order chi connectivity index (χ0) is 24.7. The molecule has 0 saturated carbocycles. The molecule has 0 bridgehead atoms. The summed E-state index contributed by atoms with van der Waals surface area (Å²) >= 11 is 0. The molecule has 2 atom stereocenters. The van der Waals surface area contributed by atoms with E-state index in [1.54, 1.807) is 24.4 Å². The number of hydrogen-bond acceptors (Lipinski definition) is 7. The summed E-state index contributed by atoms with van der Waals surface area (Å²) < 4.78 is 41.5. The second kappa shape index (κ2) is 8.70. The summed E-state index contributed by atoms with van der Waals surface area (Å²) in [6.07, 6.45) is 5.06. The van der Waals surface area contributed by atoms with Crippen LogP contribution in [0.4, 0.5) is 8.78 Å². The highest BCUT2D eigenvalue weighted by molar-refractivity contribution is 6.01. The van der Waals surface area contributed by atoms with E-state index in [2.05, 4.69) is 10.1 Å². The third-order valence-electron chi connectivity index (χ3n) is 5.98. The number of methoxy groups -OCH3 is 1. The Bertz CT molecular complexity index is 1320.